The Morgan fingerprint density at radius 1 is 1.33 bits per heavy atom. The molecule has 0 fully saturated rings. The minimum Gasteiger partial charge on any atom is -0.363 e. The Hall–Kier alpha value is -1.05. The number of hydrogen-bond donors (Lipinski definition) is 0. The number of rotatable bonds is 8. The number of unbranched alkanes of at least 4 members (excludes halogenated alkanes) is 1. The molecule has 0 aromatic heterocycles. The normalized spacial score (nSPS) is 12.4. The van der Waals surface area contributed by atoms with Gasteiger partial charge < -0.3 is 4.90 Å². The molecule has 0 N–H and O–H groups in total. The summed E-state index contributed by atoms with van der Waals surface area (Å²) in [5.74, 6) is 1.94. The second-order valence-corrected chi connectivity index (χ2v) is 5.18. The van der Waals surface area contributed by atoms with Crippen LogP contribution in [0.5, 0.6) is 0 Å². The third-order valence-electron chi connectivity index (χ3n) is 2.91. The largest absolute Gasteiger partial charge is 0.363 e. The topological polar surface area (TPSA) is 15.6 Å². The molecule has 0 saturated heterocycles. The molecule has 0 saturated carbocycles. The van der Waals surface area contributed by atoms with Crippen LogP contribution in [0.15, 0.2) is 29.4 Å². The van der Waals surface area contributed by atoms with Crippen LogP contribution < -0.4 is 0 Å². The van der Waals surface area contributed by atoms with Gasteiger partial charge in [0.15, 0.2) is 0 Å². The molecule has 104 valence electrons. The van der Waals surface area contributed by atoms with E-state index < -0.39 is 0 Å². The summed E-state index contributed by atoms with van der Waals surface area (Å²) in [4.78, 5) is 6.82. The van der Waals surface area contributed by atoms with Crippen molar-refractivity contribution in [3.63, 3.8) is 0 Å². The molecule has 0 unspecified atom stereocenters. The predicted octanol–water partition coefficient (Wildman–Crippen LogP) is 4.64. The summed E-state index contributed by atoms with van der Waals surface area (Å²) in [6, 6.07) is 0. The lowest BCUT2D eigenvalue weighted by molar-refractivity contribution is 0.445. The van der Waals surface area contributed by atoms with Crippen LogP contribution in [0, 0.1) is 5.92 Å². The van der Waals surface area contributed by atoms with Gasteiger partial charge in [-0.1, -0.05) is 46.3 Å². The monoisotopic (exact) mass is 250 g/mol. The molecule has 0 aromatic rings. The van der Waals surface area contributed by atoms with Crippen molar-refractivity contribution in [3.05, 3.63) is 24.4 Å². The van der Waals surface area contributed by atoms with Gasteiger partial charge in [-0.3, -0.25) is 0 Å². The molecule has 0 spiro atoms. The van der Waals surface area contributed by atoms with E-state index in [1.165, 1.54) is 19.3 Å². The van der Waals surface area contributed by atoms with E-state index in [0.717, 1.165) is 30.4 Å². The summed E-state index contributed by atoms with van der Waals surface area (Å²) in [5.41, 5.74) is 0.836. The molecule has 0 amide bonds. The van der Waals surface area contributed by atoms with Crippen LogP contribution in [0.1, 0.15) is 53.4 Å². The molecule has 18 heavy (non-hydrogen) atoms. The van der Waals surface area contributed by atoms with Gasteiger partial charge in [-0.05, 0) is 25.3 Å². The second kappa shape index (κ2) is 9.93. The molecule has 0 aliphatic rings. The highest BCUT2D eigenvalue weighted by molar-refractivity contribution is 5.82. The van der Waals surface area contributed by atoms with Crippen molar-refractivity contribution >= 4 is 5.84 Å². The molecular formula is C16H30N2. The zero-order chi connectivity index (χ0) is 14.0. The van der Waals surface area contributed by atoms with Crippen LogP contribution in [0.3, 0.4) is 0 Å². The predicted molar refractivity (Wildman–Crippen MR) is 83.0 cm³/mol. The Morgan fingerprint density at radius 3 is 2.50 bits per heavy atom. The van der Waals surface area contributed by atoms with E-state index in [1.54, 1.807) is 0 Å². The van der Waals surface area contributed by atoms with Gasteiger partial charge in [0.25, 0.3) is 0 Å². The van der Waals surface area contributed by atoms with Crippen LogP contribution in [0.4, 0.5) is 0 Å². The van der Waals surface area contributed by atoms with E-state index in [9.17, 15) is 0 Å². The molecular weight excluding hydrogens is 220 g/mol. The number of hydrogen-bond acceptors (Lipinski definition) is 1. The molecule has 0 heterocycles. The molecule has 2 nitrogen and oxygen atoms in total. The van der Waals surface area contributed by atoms with Crippen molar-refractivity contribution in [1.82, 2.24) is 4.90 Å². The van der Waals surface area contributed by atoms with Gasteiger partial charge >= 0.3 is 0 Å². The zero-order valence-corrected chi connectivity index (χ0v) is 12.9. The summed E-state index contributed by atoms with van der Waals surface area (Å²) in [5, 5.41) is 0. The van der Waals surface area contributed by atoms with E-state index in [0.29, 0.717) is 0 Å². The molecule has 0 bridgehead atoms. The summed E-state index contributed by atoms with van der Waals surface area (Å²) >= 11 is 0. The van der Waals surface area contributed by atoms with Gasteiger partial charge in [0.2, 0.25) is 0 Å². The molecule has 0 aliphatic heterocycles. The molecule has 0 aliphatic carbocycles. The first kappa shape index (κ1) is 16.9. The number of aliphatic imine (C=N–C) groups is 1. The average Bonchev–Trinajstić information content (AvgIpc) is 2.31. The first-order valence-electron chi connectivity index (χ1n) is 7.11. The van der Waals surface area contributed by atoms with E-state index >= 15 is 0 Å². The lowest BCUT2D eigenvalue weighted by atomic mass is 10.1. The van der Waals surface area contributed by atoms with Crippen molar-refractivity contribution in [2.24, 2.45) is 10.9 Å². The van der Waals surface area contributed by atoms with Crippen LogP contribution in [-0.2, 0) is 0 Å². The van der Waals surface area contributed by atoms with Gasteiger partial charge in [-0.15, -0.1) is 0 Å². The first-order chi connectivity index (χ1) is 8.51. The van der Waals surface area contributed by atoms with Crippen molar-refractivity contribution in [3.8, 4) is 0 Å². The van der Waals surface area contributed by atoms with Crippen LogP contribution in [0.25, 0.3) is 0 Å². The van der Waals surface area contributed by atoms with Crippen molar-refractivity contribution < 1.29 is 0 Å². The van der Waals surface area contributed by atoms with E-state index in [-0.39, 0.29) is 0 Å². The van der Waals surface area contributed by atoms with Gasteiger partial charge in [0.05, 0.1) is 5.70 Å². The van der Waals surface area contributed by atoms with Crippen LogP contribution >= 0.6 is 0 Å². The molecule has 0 aromatic carbocycles. The second-order valence-electron chi connectivity index (χ2n) is 5.18. The van der Waals surface area contributed by atoms with E-state index in [4.69, 9.17) is 0 Å². The first-order valence-corrected chi connectivity index (χ1v) is 7.11. The van der Waals surface area contributed by atoms with Gasteiger partial charge in [-0.2, -0.15) is 0 Å². The van der Waals surface area contributed by atoms with Crippen molar-refractivity contribution in [2.45, 2.75) is 53.4 Å². The van der Waals surface area contributed by atoms with Crippen LogP contribution in [-0.4, -0.2) is 24.3 Å². The molecule has 0 atom stereocenters. The maximum atomic E-state index is 4.56. The number of allylic oxidation sites excluding steroid dienone is 2. The fourth-order valence-electron chi connectivity index (χ4n) is 1.86. The van der Waals surface area contributed by atoms with Crippen molar-refractivity contribution in [1.29, 1.82) is 0 Å². The van der Waals surface area contributed by atoms with Gasteiger partial charge in [-0.25, -0.2) is 4.99 Å². The van der Waals surface area contributed by atoms with Gasteiger partial charge in [0, 0.05) is 20.0 Å². The summed E-state index contributed by atoms with van der Waals surface area (Å²) in [7, 11) is 2.13. The molecule has 0 rings (SSSR count). The quantitative estimate of drug-likeness (QED) is 0.265. The SMILES string of the molecule is C=C(/C=C\C)N=C(CC)N(C)CCCCC(C)C. The van der Waals surface area contributed by atoms with Crippen molar-refractivity contribution in [2.75, 3.05) is 13.6 Å². The standard InChI is InChI=1S/C16H30N2/c1-7-11-15(5)17-16(8-2)18(6)13-10-9-12-14(3)4/h7,11,14H,5,8-10,12-13H2,1-4,6H3/b11-7-,17-16?. The number of nitrogens with zero attached hydrogens (tertiary/aromatic N) is 2. The fraction of sp³-hybridized carbons (Fsp3) is 0.688. The highest BCUT2D eigenvalue weighted by Gasteiger charge is 2.04. The lowest BCUT2D eigenvalue weighted by Gasteiger charge is -2.20. The average molecular weight is 250 g/mol. The summed E-state index contributed by atoms with van der Waals surface area (Å²) in [6.07, 6.45) is 8.73. The highest BCUT2D eigenvalue weighted by atomic mass is 15.2. The Balaban J connectivity index is 4.18. The summed E-state index contributed by atoms with van der Waals surface area (Å²) in [6.45, 7) is 13.7. The maximum absolute atomic E-state index is 4.56. The zero-order valence-electron chi connectivity index (χ0n) is 12.9. The number of amidine groups is 1. The Bertz CT molecular complexity index is 287. The third kappa shape index (κ3) is 8.10. The Labute approximate surface area is 113 Å². The molecule has 0 radical (unpaired) electrons. The fourth-order valence-corrected chi connectivity index (χ4v) is 1.86. The summed E-state index contributed by atoms with van der Waals surface area (Å²) < 4.78 is 0. The highest BCUT2D eigenvalue weighted by Crippen LogP contribution is 2.08. The van der Waals surface area contributed by atoms with E-state index in [1.807, 2.05) is 19.1 Å². The Morgan fingerprint density at radius 2 is 2.00 bits per heavy atom. The Kier molecular flexibility index (Phi) is 9.35. The van der Waals surface area contributed by atoms with Crippen LogP contribution in [0.2, 0.25) is 0 Å². The third-order valence-corrected chi connectivity index (χ3v) is 2.91. The van der Waals surface area contributed by atoms with Gasteiger partial charge in [0.1, 0.15) is 5.84 Å². The smallest absolute Gasteiger partial charge is 0.104 e. The maximum Gasteiger partial charge on any atom is 0.104 e. The van der Waals surface area contributed by atoms with E-state index in [2.05, 4.69) is 44.3 Å². The minimum absolute atomic E-state index is 0.809. The minimum atomic E-state index is 0.809. The lowest BCUT2D eigenvalue weighted by Crippen LogP contribution is -2.27. The molecule has 2 heteroatoms.